The van der Waals surface area contributed by atoms with Gasteiger partial charge in [0, 0.05) is 35.5 Å². The van der Waals surface area contributed by atoms with Crippen molar-refractivity contribution in [2.75, 3.05) is 26.2 Å². The van der Waals surface area contributed by atoms with E-state index in [2.05, 4.69) is 70.6 Å². The molecule has 1 aliphatic carbocycles. The molecule has 5 nitrogen and oxygen atoms in total. The molecule has 0 amide bonds. The van der Waals surface area contributed by atoms with Gasteiger partial charge in [-0.25, -0.2) is 0 Å². The van der Waals surface area contributed by atoms with Gasteiger partial charge < -0.3 is 19.9 Å². The minimum atomic E-state index is -0.861. The standard InChI is InChI=1S/C36H44N4O/c41-36-18-10-4-1-2-5-11-20-39-22-17-30(35(25-39)23-26-13-7-3-6-12-21-40(26)34(35)36)29(24-36)32-33-28(16-19-37-32)27-14-8-9-15-31(27)38-33/h1,4,7-9,13-16,19,24,26,30,34,38,41H,2-3,5-6,10-12,17-18,20-23,25H2/p+1/t26-,30+,34?,35+,36+/m1/s1. The Labute approximate surface area is 244 Å². The summed E-state index contributed by atoms with van der Waals surface area (Å²) in [5.74, 6) is 0.406. The largest absolute Gasteiger partial charge is 0.379 e. The molecule has 5 heteroatoms. The molecule has 1 spiro atoms. The zero-order chi connectivity index (χ0) is 27.4. The Hall–Kier alpha value is -2.73. The van der Waals surface area contributed by atoms with E-state index in [4.69, 9.17) is 4.98 Å². The SMILES string of the molecule is O[C@]12C=C(c3nccc4c3[nH]c3ccccc34)[C@@H]3CCN(CCCCC=CCC1)C[C@@]31C[C@H]3C=CCCCC[NH+]3C12. The number of aliphatic hydroxyl groups is 1. The molecule has 1 aromatic carbocycles. The summed E-state index contributed by atoms with van der Waals surface area (Å²) in [6.07, 6.45) is 25.5. The molecular weight excluding hydrogens is 504 g/mol. The topological polar surface area (TPSA) is 56.6 Å². The van der Waals surface area contributed by atoms with Crippen LogP contribution in [0.4, 0.5) is 0 Å². The van der Waals surface area contributed by atoms with E-state index in [0.29, 0.717) is 12.0 Å². The second-order valence-electron chi connectivity index (χ2n) is 13.7. The highest BCUT2D eigenvalue weighted by Gasteiger charge is 2.68. The minimum Gasteiger partial charge on any atom is -0.379 e. The summed E-state index contributed by atoms with van der Waals surface area (Å²) in [6, 6.07) is 11.5. The predicted molar refractivity (Wildman–Crippen MR) is 167 cm³/mol. The Morgan fingerprint density at radius 2 is 1.83 bits per heavy atom. The molecule has 6 heterocycles. The smallest absolute Gasteiger partial charge is 0.136 e. The third-order valence-corrected chi connectivity index (χ3v) is 11.4. The number of hydrogen-bond acceptors (Lipinski definition) is 3. The van der Waals surface area contributed by atoms with Crippen LogP contribution in [0.2, 0.25) is 0 Å². The van der Waals surface area contributed by atoms with Gasteiger partial charge in [-0.05, 0) is 107 Å². The van der Waals surface area contributed by atoms with Crippen molar-refractivity contribution in [3.63, 3.8) is 0 Å². The molecule has 2 saturated heterocycles. The molecule has 214 valence electrons. The number of H-pyrrole nitrogens is 1. The maximum atomic E-state index is 13.1. The summed E-state index contributed by atoms with van der Waals surface area (Å²) in [4.78, 5) is 13.3. The van der Waals surface area contributed by atoms with Crippen LogP contribution >= 0.6 is 0 Å². The molecule has 0 saturated carbocycles. The highest BCUT2D eigenvalue weighted by atomic mass is 16.3. The number of aromatic nitrogens is 2. The maximum Gasteiger partial charge on any atom is 0.136 e. The fourth-order valence-corrected chi connectivity index (χ4v) is 9.84. The molecule has 4 aliphatic heterocycles. The van der Waals surface area contributed by atoms with Crippen LogP contribution in [0.25, 0.3) is 27.4 Å². The molecule has 2 fully saturated rings. The van der Waals surface area contributed by atoms with Gasteiger partial charge in [-0.1, -0.05) is 36.4 Å². The summed E-state index contributed by atoms with van der Waals surface area (Å²) in [5.41, 5.74) is 3.85. The molecule has 0 radical (unpaired) electrons. The molecule has 8 rings (SSSR count). The van der Waals surface area contributed by atoms with Gasteiger partial charge in [-0.2, -0.15) is 0 Å². The van der Waals surface area contributed by atoms with Crippen molar-refractivity contribution in [3.8, 4) is 0 Å². The predicted octanol–water partition coefficient (Wildman–Crippen LogP) is 5.44. The van der Waals surface area contributed by atoms with Crippen LogP contribution in [0.3, 0.4) is 0 Å². The summed E-state index contributed by atoms with van der Waals surface area (Å²) in [6.45, 7) is 4.60. The average molecular weight is 550 g/mol. The van der Waals surface area contributed by atoms with Crippen LogP contribution < -0.4 is 4.90 Å². The van der Waals surface area contributed by atoms with E-state index in [1.807, 2.05) is 6.20 Å². The summed E-state index contributed by atoms with van der Waals surface area (Å²) >= 11 is 0. The van der Waals surface area contributed by atoms with Crippen molar-refractivity contribution in [3.05, 3.63) is 72.6 Å². The molecule has 2 aromatic heterocycles. The highest BCUT2D eigenvalue weighted by molar-refractivity contribution is 6.09. The van der Waals surface area contributed by atoms with Crippen molar-refractivity contribution in [1.82, 2.24) is 14.9 Å². The quantitative estimate of drug-likeness (QED) is 0.355. The van der Waals surface area contributed by atoms with E-state index in [-0.39, 0.29) is 11.5 Å². The molecule has 3 bridgehead atoms. The lowest BCUT2D eigenvalue weighted by molar-refractivity contribution is -0.940. The number of quaternary nitrogens is 1. The lowest BCUT2D eigenvalue weighted by Crippen LogP contribution is -3.20. The lowest BCUT2D eigenvalue weighted by atomic mass is 9.54. The van der Waals surface area contributed by atoms with Crippen LogP contribution in [0.15, 0.2) is 66.9 Å². The Morgan fingerprint density at radius 3 is 2.80 bits per heavy atom. The number of pyridine rings is 1. The Balaban J connectivity index is 1.35. The van der Waals surface area contributed by atoms with E-state index in [1.165, 1.54) is 68.0 Å². The second-order valence-corrected chi connectivity index (χ2v) is 13.7. The molecule has 41 heavy (non-hydrogen) atoms. The van der Waals surface area contributed by atoms with Crippen LogP contribution in [-0.2, 0) is 0 Å². The molecule has 3 aromatic rings. The number of nitrogens with zero attached hydrogens (tertiary/aromatic N) is 2. The minimum absolute atomic E-state index is 0.0411. The lowest BCUT2D eigenvalue weighted by Gasteiger charge is -2.55. The Morgan fingerprint density at radius 1 is 0.951 bits per heavy atom. The maximum absolute atomic E-state index is 13.1. The van der Waals surface area contributed by atoms with Gasteiger partial charge in [0.25, 0.3) is 0 Å². The van der Waals surface area contributed by atoms with Gasteiger partial charge in [0.15, 0.2) is 0 Å². The number of hydrogen-bond donors (Lipinski definition) is 3. The number of nitrogens with one attached hydrogen (secondary N) is 2. The van der Waals surface area contributed by atoms with E-state index in [9.17, 15) is 5.11 Å². The zero-order valence-corrected chi connectivity index (χ0v) is 24.3. The summed E-state index contributed by atoms with van der Waals surface area (Å²) < 4.78 is 0. The monoisotopic (exact) mass is 549 g/mol. The van der Waals surface area contributed by atoms with Gasteiger partial charge in [0.1, 0.15) is 17.7 Å². The Kier molecular flexibility index (Phi) is 6.46. The number of piperidine rings is 1. The van der Waals surface area contributed by atoms with Crippen molar-refractivity contribution in [2.45, 2.75) is 81.9 Å². The third-order valence-electron chi connectivity index (χ3n) is 11.4. The number of rotatable bonds is 1. The molecule has 5 aliphatic rings. The van der Waals surface area contributed by atoms with Crippen molar-refractivity contribution >= 4 is 27.4 Å². The first-order valence-corrected chi connectivity index (χ1v) is 16.4. The van der Waals surface area contributed by atoms with Crippen LogP contribution in [0, 0.1) is 11.3 Å². The summed E-state index contributed by atoms with van der Waals surface area (Å²) in [7, 11) is 0. The number of para-hydroxylation sites is 1. The van der Waals surface area contributed by atoms with E-state index in [0.717, 1.165) is 55.5 Å². The summed E-state index contributed by atoms with van der Waals surface area (Å²) in [5, 5.41) is 15.6. The highest BCUT2D eigenvalue weighted by Crippen LogP contribution is 2.57. The van der Waals surface area contributed by atoms with Gasteiger partial charge >= 0.3 is 0 Å². The van der Waals surface area contributed by atoms with Crippen LogP contribution in [-0.4, -0.2) is 63.8 Å². The number of allylic oxidation sites excluding steroid dienone is 4. The van der Waals surface area contributed by atoms with Crippen LogP contribution in [0.1, 0.15) is 69.9 Å². The van der Waals surface area contributed by atoms with E-state index in [1.54, 1.807) is 4.90 Å². The first-order chi connectivity index (χ1) is 20.2. The number of benzene rings is 1. The average Bonchev–Trinajstić information content (AvgIpc) is 3.49. The number of aromatic amines is 1. The van der Waals surface area contributed by atoms with Gasteiger partial charge in [0.2, 0.25) is 0 Å². The first-order valence-electron chi connectivity index (χ1n) is 16.4. The Bertz CT molecular complexity index is 1530. The van der Waals surface area contributed by atoms with Crippen molar-refractivity contribution < 1.29 is 10.0 Å². The molecule has 3 N–H and O–H groups in total. The first kappa shape index (κ1) is 25.9. The van der Waals surface area contributed by atoms with E-state index < -0.39 is 5.60 Å². The fourth-order valence-electron chi connectivity index (χ4n) is 9.84. The molecule has 3 unspecified atom stereocenters. The van der Waals surface area contributed by atoms with Gasteiger partial charge in [-0.3, -0.25) is 4.98 Å². The second kappa shape index (κ2) is 10.2. The van der Waals surface area contributed by atoms with E-state index >= 15 is 0 Å². The van der Waals surface area contributed by atoms with Crippen molar-refractivity contribution in [2.24, 2.45) is 11.3 Å². The molecule has 7 atom stereocenters. The van der Waals surface area contributed by atoms with Gasteiger partial charge in [-0.15, -0.1) is 0 Å². The van der Waals surface area contributed by atoms with Crippen molar-refractivity contribution in [1.29, 1.82) is 0 Å². The van der Waals surface area contributed by atoms with Gasteiger partial charge in [0.05, 0.1) is 23.2 Å². The normalized spacial score (nSPS) is 37.4. The molecular formula is C36H45N4O+. The number of fused-ring (bicyclic) bond motifs is 5. The fraction of sp³-hybridized carbons (Fsp3) is 0.528. The zero-order valence-electron chi connectivity index (χ0n) is 24.3. The third kappa shape index (κ3) is 4.18. The van der Waals surface area contributed by atoms with Crippen LogP contribution in [0.5, 0.6) is 0 Å².